The number of imidazole rings is 1. The van der Waals surface area contributed by atoms with E-state index in [0.29, 0.717) is 18.8 Å². The van der Waals surface area contributed by atoms with Crippen LogP contribution in [0.4, 0.5) is 0 Å². The zero-order chi connectivity index (χ0) is 18.0. The van der Waals surface area contributed by atoms with Gasteiger partial charge in [0.1, 0.15) is 11.5 Å². The van der Waals surface area contributed by atoms with Crippen LogP contribution < -0.4 is 5.32 Å². The summed E-state index contributed by atoms with van der Waals surface area (Å²) in [6.45, 7) is 8.08. The second-order valence-corrected chi connectivity index (χ2v) is 6.41. The number of hydrogen-bond acceptors (Lipinski definition) is 4. The first-order chi connectivity index (χ1) is 12.0. The minimum atomic E-state index is -0.199. The van der Waals surface area contributed by atoms with E-state index in [1.54, 1.807) is 23.9 Å². The van der Waals surface area contributed by atoms with Crippen LogP contribution in [0.2, 0.25) is 0 Å². The lowest BCUT2D eigenvalue weighted by atomic mass is 10.1. The van der Waals surface area contributed by atoms with Crippen LogP contribution in [0.15, 0.2) is 12.3 Å². The second kappa shape index (κ2) is 7.08. The van der Waals surface area contributed by atoms with Crippen molar-refractivity contribution < 1.29 is 9.59 Å². The van der Waals surface area contributed by atoms with Gasteiger partial charge in [-0.15, -0.1) is 0 Å². The molecular formula is C17H24N6O2. The van der Waals surface area contributed by atoms with Gasteiger partial charge >= 0.3 is 0 Å². The summed E-state index contributed by atoms with van der Waals surface area (Å²) in [5.41, 5.74) is 2.23. The maximum Gasteiger partial charge on any atom is 0.272 e. The quantitative estimate of drug-likeness (QED) is 0.852. The molecule has 8 heteroatoms. The maximum absolute atomic E-state index is 12.2. The first-order valence-corrected chi connectivity index (χ1v) is 8.59. The molecule has 0 spiro atoms. The Morgan fingerprint density at radius 3 is 2.88 bits per heavy atom. The lowest BCUT2D eigenvalue weighted by Crippen LogP contribution is -2.25. The molecule has 8 nitrogen and oxygen atoms in total. The standard InChI is InChI=1S/C17H24N6O2/c1-4-23-11(2)7-15(21-23)17(25)19-9-14-8-18-16(20-14)13-5-6-22(10-13)12(3)24/h7-8,13H,4-6,9-10H2,1-3H3,(H,18,20)(H,19,25)/t13-/m0/s1. The third kappa shape index (κ3) is 3.72. The average Bonchev–Trinajstić information content (AvgIpc) is 3.31. The Morgan fingerprint density at radius 1 is 1.44 bits per heavy atom. The highest BCUT2D eigenvalue weighted by Crippen LogP contribution is 2.24. The zero-order valence-electron chi connectivity index (χ0n) is 14.9. The SMILES string of the molecule is CCn1nc(C(=O)NCc2cnc([C@H]3CCN(C(C)=O)C3)[nH]2)cc1C. The number of rotatable bonds is 5. The molecule has 0 saturated carbocycles. The molecule has 1 atom stereocenters. The molecule has 0 unspecified atom stereocenters. The van der Waals surface area contributed by atoms with E-state index in [1.807, 2.05) is 18.7 Å². The summed E-state index contributed by atoms with van der Waals surface area (Å²) in [7, 11) is 0. The highest BCUT2D eigenvalue weighted by atomic mass is 16.2. The largest absolute Gasteiger partial charge is 0.345 e. The van der Waals surface area contributed by atoms with Crippen molar-refractivity contribution in [1.29, 1.82) is 0 Å². The molecular weight excluding hydrogens is 320 g/mol. The number of carbonyl (C=O) groups is 2. The Bertz CT molecular complexity index is 778. The van der Waals surface area contributed by atoms with Gasteiger partial charge in [0.2, 0.25) is 5.91 Å². The molecule has 0 aromatic carbocycles. The minimum absolute atomic E-state index is 0.100. The Labute approximate surface area is 146 Å². The fourth-order valence-corrected chi connectivity index (χ4v) is 3.15. The number of H-pyrrole nitrogens is 1. The van der Waals surface area contributed by atoms with Crippen LogP contribution in [0, 0.1) is 6.92 Å². The topological polar surface area (TPSA) is 95.9 Å². The average molecular weight is 344 g/mol. The van der Waals surface area contributed by atoms with Crippen molar-refractivity contribution in [2.24, 2.45) is 0 Å². The monoisotopic (exact) mass is 344 g/mol. The van der Waals surface area contributed by atoms with Gasteiger partial charge in [-0.25, -0.2) is 4.98 Å². The number of carbonyl (C=O) groups excluding carboxylic acids is 2. The number of hydrogen-bond donors (Lipinski definition) is 2. The predicted octanol–water partition coefficient (Wildman–Crippen LogP) is 1.20. The first kappa shape index (κ1) is 17.2. The van der Waals surface area contributed by atoms with Crippen molar-refractivity contribution in [2.75, 3.05) is 13.1 Å². The van der Waals surface area contributed by atoms with Crippen LogP contribution in [0.3, 0.4) is 0 Å². The molecule has 0 bridgehead atoms. The van der Waals surface area contributed by atoms with E-state index in [1.165, 1.54) is 0 Å². The molecule has 25 heavy (non-hydrogen) atoms. The minimum Gasteiger partial charge on any atom is -0.345 e. The lowest BCUT2D eigenvalue weighted by molar-refractivity contribution is -0.127. The van der Waals surface area contributed by atoms with Crippen LogP contribution >= 0.6 is 0 Å². The Morgan fingerprint density at radius 2 is 2.24 bits per heavy atom. The van der Waals surface area contributed by atoms with Gasteiger partial charge in [-0.3, -0.25) is 14.3 Å². The van der Waals surface area contributed by atoms with Crippen LogP contribution in [-0.2, 0) is 17.9 Å². The van der Waals surface area contributed by atoms with Gasteiger partial charge in [0.05, 0.1) is 18.4 Å². The summed E-state index contributed by atoms with van der Waals surface area (Å²) in [5, 5.41) is 7.14. The van der Waals surface area contributed by atoms with Gasteiger partial charge in [-0.05, 0) is 26.3 Å². The molecule has 1 saturated heterocycles. The van der Waals surface area contributed by atoms with E-state index in [2.05, 4.69) is 20.4 Å². The molecule has 2 aromatic rings. The first-order valence-electron chi connectivity index (χ1n) is 8.59. The van der Waals surface area contributed by atoms with Crippen molar-refractivity contribution in [3.05, 3.63) is 35.2 Å². The summed E-state index contributed by atoms with van der Waals surface area (Å²) in [4.78, 5) is 33.1. The number of aryl methyl sites for hydroxylation is 2. The van der Waals surface area contributed by atoms with Crippen molar-refractivity contribution in [1.82, 2.24) is 30.0 Å². The summed E-state index contributed by atoms with van der Waals surface area (Å²) >= 11 is 0. The van der Waals surface area contributed by atoms with E-state index in [4.69, 9.17) is 0 Å². The lowest BCUT2D eigenvalue weighted by Gasteiger charge is -2.12. The molecule has 1 aliphatic rings. The molecule has 0 aliphatic carbocycles. The third-order valence-corrected chi connectivity index (χ3v) is 4.62. The van der Waals surface area contributed by atoms with E-state index in [9.17, 15) is 9.59 Å². The summed E-state index contributed by atoms with van der Waals surface area (Å²) in [5.74, 6) is 1.01. The smallest absolute Gasteiger partial charge is 0.272 e. The fourth-order valence-electron chi connectivity index (χ4n) is 3.15. The normalized spacial score (nSPS) is 17.1. The number of likely N-dealkylation sites (tertiary alicyclic amines) is 1. The Balaban J connectivity index is 1.56. The summed E-state index contributed by atoms with van der Waals surface area (Å²) in [6, 6.07) is 1.78. The molecule has 2 N–H and O–H groups in total. The molecule has 1 fully saturated rings. The summed E-state index contributed by atoms with van der Waals surface area (Å²) in [6.07, 6.45) is 2.65. The van der Waals surface area contributed by atoms with Crippen LogP contribution in [0.25, 0.3) is 0 Å². The number of nitrogens with one attached hydrogen (secondary N) is 2. The number of nitrogens with zero attached hydrogens (tertiary/aromatic N) is 4. The zero-order valence-corrected chi connectivity index (χ0v) is 14.9. The van der Waals surface area contributed by atoms with Crippen molar-refractivity contribution in [3.8, 4) is 0 Å². The van der Waals surface area contributed by atoms with Crippen molar-refractivity contribution in [3.63, 3.8) is 0 Å². The van der Waals surface area contributed by atoms with Crippen LogP contribution in [0.5, 0.6) is 0 Å². The van der Waals surface area contributed by atoms with Gasteiger partial charge in [0.25, 0.3) is 5.91 Å². The molecule has 2 amide bonds. The highest BCUT2D eigenvalue weighted by molar-refractivity contribution is 5.92. The van der Waals surface area contributed by atoms with Crippen LogP contribution in [0.1, 0.15) is 53.9 Å². The molecule has 134 valence electrons. The van der Waals surface area contributed by atoms with Gasteiger partial charge in [0.15, 0.2) is 0 Å². The van der Waals surface area contributed by atoms with Crippen molar-refractivity contribution in [2.45, 2.75) is 46.2 Å². The van der Waals surface area contributed by atoms with E-state index in [0.717, 1.165) is 36.7 Å². The van der Waals surface area contributed by atoms with Crippen LogP contribution in [-0.4, -0.2) is 49.6 Å². The summed E-state index contributed by atoms with van der Waals surface area (Å²) < 4.78 is 1.80. The Hall–Kier alpha value is -2.64. The predicted molar refractivity (Wildman–Crippen MR) is 92.0 cm³/mol. The van der Waals surface area contributed by atoms with E-state index < -0.39 is 0 Å². The fraction of sp³-hybridized carbons (Fsp3) is 0.529. The number of amides is 2. The van der Waals surface area contributed by atoms with Gasteiger partial charge in [-0.1, -0.05) is 0 Å². The highest BCUT2D eigenvalue weighted by Gasteiger charge is 2.27. The molecule has 3 heterocycles. The van der Waals surface area contributed by atoms with E-state index >= 15 is 0 Å². The third-order valence-electron chi connectivity index (χ3n) is 4.62. The van der Waals surface area contributed by atoms with Gasteiger partial charge in [0, 0.05) is 38.2 Å². The molecule has 1 aliphatic heterocycles. The van der Waals surface area contributed by atoms with Gasteiger partial charge < -0.3 is 15.2 Å². The van der Waals surface area contributed by atoms with Gasteiger partial charge in [-0.2, -0.15) is 5.10 Å². The number of aromatic amines is 1. The van der Waals surface area contributed by atoms with Crippen molar-refractivity contribution >= 4 is 11.8 Å². The Kier molecular flexibility index (Phi) is 4.87. The van der Waals surface area contributed by atoms with E-state index in [-0.39, 0.29) is 17.7 Å². The molecule has 3 rings (SSSR count). The molecule has 0 radical (unpaired) electrons. The second-order valence-electron chi connectivity index (χ2n) is 6.41. The maximum atomic E-state index is 12.2. The number of aromatic nitrogens is 4. The molecule has 2 aromatic heterocycles.